The maximum Gasteiger partial charge on any atom is 0.319 e. The molecule has 0 radical (unpaired) electrons. The molecule has 0 fully saturated rings. The summed E-state index contributed by atoms with van der Waals surface area (Å²) in [6, 6.07) is -0.119. The predicted molar refractivity (Wildman–Crippen MR) is 43.4 cm³/mol. The molecule has 5 heteroatoms. The van der Waals surface area contributed by atoms with Gasteiger partial charge in [0.05, 0.1) is 6.20 Å². The number of alkyl halides is 2. The fourth-order valence-corrected chi connectivity index (χ4v) is 0.922. The second-order valence-corrected chi connectivity index (χ2v) is 3.20. The molecule has 3 nitrogen and oxygen atoms in total. The summed E-state index contributed by atoms with van der Waals surface area (Å²) in [6.07, 6.45) is 1.71. The highest BCUT2D eigenvalue weighted by molar-refractivity contribution is 4.99. The lowest BCUT2D eigenvalue weighted by molar-refractivity contribution is -0.0118. The number of nitrogens with two attached hydrogens (primary N) is 1. The van der Waals surface area contributed by atoms with Crippen LogP contribution in [0, 0.1) is 0 Å². The molecule has 1 aromatic rings. The van der Waals surface area contributed by atoms with Crippen LogP contribution in [-0.4, -0.2) is 11.0 Å². The largest absolute Gasteiger partial charge is 0.440 e. The maximum absolute atomic E-state index is 12.6. The summed E-state index contributed by atoms with van der Waals surface area (Å²) >= 11 is 0. The Bertz CT molecular complexity index is 278. The van der Waals surface area contributed by atoms with Gasteiger partial charge in [-0.1, -0.05) is 0 Å². The van der Waals surface area contributed by atoms with Gasteiger partial charge in [0.1, 0.15) is 5.76 Å². The highest BCUT2D eigenvalue weighted by Crippen LogP contribution is 2.26. The van der Waals surface area contributed by atoms with Crippen molar-refractivity contribution in [2.75, 3.05) is 0 Å². The molecule has 1 unspecified atom stereocenters. The van der Waals surface area contributed by atoms with E-state index in [0.717, 1.165) is 6.92 Å². The summed E-state index contributed by atoms with van der Waals surface area (Å²) in [5.41, 5.74) is 5.47. The molecule has 0 saturated heterocycles. The van der Waals surface area contributed by atoms with Gasteiger partial charge in [0.2, 0.25) is 0 Å². The minimum Gasteiger partial charge on any atom is -0.440 e. The SMILES string of the molecule is CC(N)Cc1cnc(C(C)(F)F)o1. The summed E-state index contributed by atoms with van der Waals surface area (Å²) < 4.78 is 30.1. The Hall–Kier alpha value is -0.970. The molecule has 0 saturated carbocycles. The molecule has 0 aliphatic rings. The van der Waals surface area contributed by atoms with E-state index in [2.05, 4.69) is 4.98 Å². The standard InChI is InChI=1S/C8H12F2N2O/c1-5(11)3-6-4-12-7(13-6)8(2,9)10/h4-5H,3,11H2,1-2H3. The van der Waals surface area contributed by atoms with Crippen molar-refractivity contribution in [3.8, 4) is 0 Å². The number of hydrogen-bond donors (Lipinski definition) is 1. The number of rotatable bonds is 3. The lowest BCUT2D eigenvalue weighted by Crippen LogP contribution is -2.17. The molecule has 1 heterocycles. The molecule has 0 bridgehead atoms. The highest BCUT2D eigenvalue weighted by atomic mass is 19.3. The van der Waals surface area contributed by atoms with E-state index in [0.29, 0.717) is 12.2 Å². The number of aromatic nitrogens is 1. The first kappa shape index (κ1) is 10.1. The fourth-order valence-electron chi connectivity index (χ4n) is 0.922. The lowest BCUT2D eigenvalue weighted by Gasteiger charge is -2.04. The summed E-state index contributed by atoms with van der Waals surface area (Å²) in [5.74, 6) is -3.18. The minimum atomic E-state index is -3.02. The third-order valence-electron chi connectivity index (χ3n) is 1.45. The van der Waals surface area contributed by atoms with E-state index in [1.165, 1.54) is 6.20 Å². The van der Waals surface area contributed by atoms with Gasteiger partial charge in [-0.15, -0.1) is 0 Å². The zero-order chi connectivity index (χ0) is 10.1. The lowest BCUT2D eigenvalue weighted by atomic mass is 10.2. The third-order valence-corrected chi connectivity index (χ3v) is 1.45. The first-order valence-corrected chi connectivity index (χ1v) is 3.98. The van der Waals surface area contributed by atoms with Crippen LogP contribution in [-0.2, 0) is 12.3 Å². The van der Waals surface area contributed by atoms with Gasteiger partial charge >= 0.3 is 5.92 Å². The van der Waals surface area contributed by atoms with Crippen LogP contribution >= 0.6 is 0 Å². The van der Waals surface area contributed by atoms with E-state index >= 15 is 0 Å². The first-order chi connectivity index (χ1) is 5.89. The smallest absolute Gasteiger partial charge is 0.319 e. The van der Waals surface area contributed by atoms with Gasteiger partial charge < -0.3 is 10.2 Å². The van der Waals surface area contributed by atoms with Gasteiger partial charge in [0, 0.05) is 19.4 Å². The predicted octanol–water partition coefficient (Wildman–Crippen LogP) is 1.68. The van der Waals surface area contributed by atoms with Crippen LogP contribution in [0.25, 0.3) is 0 Å². The molecule has 0 aliphatic carbocycles. The Morgan fingerprint density at radius 2 is 2.31 bits per heavy atom. The highest BCUT2D eigenvalue weighted by Gasteiger charge is 2.30. The minimum absolute atomic E-state index is 0.119. The molecule has 13 heavy (non-hydrogen) atoms. The van der Waals surface area contributed by atoms with Crippen molar-refractivity contribution >= 4 is 0 Å². The molecule has 2 N–H and O–H groups in total. The van der Waals surface area contributed by atoms with Crippen molar-refractivity contribution in [2.45, 2.75) is 32.2 Å². The summed E-state index contributed by atoms with van der Waals surface area (Å²) in [7, 11) is 0. The van der Waals surface area contributed by atoms with Gasteiger partial charge in [-0.3, -0.25) is 0 Å². The normalized spacial score (nSPS) is 14.5. The number of nitrogens with zero attached hydrogens (tertiary/aromatic N) is 1. The fraction of sp³-hybridized carbons (Fsp3) is 0.625. The quantitative estimate of drug-likeness (QED) is 0.788. The summed E-state index contributed by atoms with van der Waals surface area (Å²) in [6.45, 7) is 2.51. The van der Waals surface area contributed by atoms with Gasteiger partial charge in [0.15, 0.2) is 0 Å². The Labute approximate surface area is 74.9 Å². The van der Waals surface area contributed by atoms with Gasteiger partial charge in [-0.25, -0.2) is 4.98 Å². The third kappa shape index (κ3) is 2.77. The van der Waals surface area contributed by atoms with Crippen molar-refractivity contribution in [3.05, 3.63) is 17.8 Å². The Kier molecular flexibility index (Phi) is 2.66. The summed E-state index contributed by atoms with van der Waals surface area (Å²) in [5, 5.41) is 0. The van der Waals surface area contributed by atoms with E-state index in [4.69, 9.17) is 10.2 Å². The molecule has 0 spiro atoms. The molecule has 0 amide bonds. The second-order valence-electron chi connectivity index (χ2n) is 3.20. The average Bonchev–Trinajstić information content (AvgIpc) is 2.32. The van der Waals surface area contributed by atoms with Crippen molar-refractivity contribution in [1.29, 1.82) is 0 Å². The zero-order valence-electron chi connectivity index (χ0n) is 7.55. The molecule has 74 valence electrons. The van der Waals surface area contributed by atoms with Crippen LogP contribution in [0.1, 0.15) is 25.5 Å². The van der Waals surface area contributed by atoms with E-state index < -0.39 is 11.8 Å². The van der Waals surface area contributed by atoms with E-state index in [1.54, 1.807) is 6.92 Å². The zero-order valence-corrected chi connectivity index (χ0v) is 7.55. The molecular weight excluding hydrogens is 178 g/mol. The molecular formula is C8H12F2N2O. The van der Waals surface area contributed by atoms with Crippen molar-refractivity contribution < 1.29 is 13.2 Å². The Morgan fingerprint density at radius 1 is 1.69 bits per heavy atom. The monoisotopic (exact) mass is 190 g/mol. The molecule has 1 rings (SSSR count). The van der Waals surface area contributed by atoms with Crippen LogP contribution in [0.4, 0.5) is 8.78 Å². The second kappa shape index (κ2) is 3.41. The van der Waals surface area contributed by atoms with E-state index in [1.807, 2.05) is 0 Å². The van der Waals surface area contributed by atoms with Crippen LogP contribution < -0.4 is 5.73 Å². The van der Waals surface area contributed by atoms with Gasteiger partial charge in [0.25, 0.3) is 5.89 Å². The van der Waals surface area contributed by atoms with Crippen LogP contribution in [0.5, 0.6) is 0 Å². The maximum atomic E-state index is 12.6. The molecule has 0 aliphatic heterocycles. The van der Waals surface area contributed by atoms with Gasteiger partial charge in [-0.05, 0) is 6.92 Å². The van der Waals surface area contributed by atoms with Crippen molar-refractivity contribution in [3.63, 3.8) is 0 Å². The van der Waals surface area contributed by atoms with Crippen LogP contribution in [0.15, 0.2) is 10.6 Å². The average molecular weight is 190 g/mol. The topological polar surface area (TPSA) is 52.0 Å². The van der Waals surface area contributed by atoms with Crippen LogP contribution in [0.2, 0.25) is 0 Å². The van der Waals surface area contributed by atoms with E-state index in [9.17, 15) is 8.78 Å². The van der Waals surface area contributed by atoms with Crippen molar-refractivity contribution in [1.82, 2.24) is 4.98 Å². The Balaban J connectivity index is 2.75. The number of halogens is 2. The number of hydrogen-bond acceptors (Lipinski definition) is 3. The van der Waals surface area contributed by atoms with Crippen molar-refractivity contribution in [2.24, 2.45) is 5.73 Å². The number of oxazole rings is 1. The molecule has 1 aromatic heterocycles. The summed E-state index contributed by atoms with van der Waals surface area (Å²) in [4.78, 5) is 3.47. The Morgan fingerprint density at radius 3 is 2.69 bits per heavy atom. The first-order valence-electron chi connectivity index (χ1n) is 3.98. The van der Waals surface area contributed by atoms with Gasteiger partial charge in [-0.2, -0.15) is 8.78 Å². The van der Waals surface area contributed by atoms with Crippen LogP contribution in [0.3, 0.4) is 0 Å². The van der Waals surface area contributed by atoms with E-state index in [-0.39, 0.29) is 6.04 Å². The molecule has 1 atom stereocenters. The molecule has 0 aromatic carbocycles.